The summed E-state index contributed by atoms with van der Waals surface area (Å²) in [5, 5.41) is 4.46. The molecule has 1 saturated heterocycles. The average Bonchev–Trinajstić information content (AvgIpc) is 3.37. The van der Waals surface area contributed by atoms with E-state index in [0.717, 1.165) is 50.0 Å². The van der Waals surface area contributed by atoms with Gasteiger partial charge in [0.25, 0.3) is 5.91 Å². The Morgan fingerprint density at radius 2 is 1.73 bits per heavy atom. The molecule has 3 aromatic carbocycles. The number of hydrogen-bond donors (Lipinski definition) is 1. The number of halogens is 5. The number of fused-ring (bicyclic) bond motifs is 1. The van der Waals surface area contributed by atoms with E-state index in [1.807, 2.05) is 73.8 Å². The molecule has 0 spiro atoms. The van der Waals surface area contributed by atoms with Gasteiger partial charge in [0.1, 0.15) is 0 Å². The Labute approximate surface area is 270 Å². The van der Waals surface area contributed by atoms with Crippen molar-refractivity contribution in [1.29, 1.82) is 0 Å². The number of alkyl halides is 3. The fourth-order valence-corrected chi connectivity index (χ4v) is 6.14. The predicted octanol–water partition coefficient (Wildman–Crippen LogP) is 7.70. The first-order chi connectivity index (χ1) is 21.6. The van der Waals surface area contributed by atoms with Gasteiger partial charge in [-0.3, -0.25) is 9.53 Å². The summed E-state index contributed by atoms with van der Waals surface area (Å²) in [5.74, 6) is 0.557. The van der Waals surface area contributed by atoms with Crippen molar-refractivity contribution < 1.29 is 22.7 Å². The number of aromatic nitrogens is 2. The third-order valence-electron chi connectivity index (χ3n) is 8.23. The van der Waals surface area contributed by atoms with E-state index in [9.17, 15) is 18.0 Å². The van der Waals surface area contributed by atoms with Gasteiger partial charge < -0.3 is 19.7 Å². The van der Waals surface area contributed by atoms with Gasteiger partial charge in [0.2, 0.25) is 5.95 Å². The number of likely N-dealkylation sites (N-methyl/N-ethyl adjacent to an activating group) is 1. The second kappa shape index (κ2) is 14.9. The number of carbonyl (C=O) groups is 1. The number of para-hydroxylation sites is 2. The normalized spacial score (nSPS) is 15.3. The number of anilines is 1. The maximum atomic E-state index is 13.1. The Hall–Kier alpha value is -3.31. The molecule has 7 nitrogen and oxygen atoms in total. The average molecular weight is 663 g/mol. The van der Waals surface area contributed by atoms with Crippen molar-refractivity contribution in [3.8, 4) is 0 Å². The molecule has 1 N–H and O–H groups in total. The lowest BCUT2D eigenvalue weighted by Crippen LogP contribution is -2.40. The molecular formula is C33H36Cl2F3N5O2. The lowest BCUT2D eigenvalue weighted by atomic mass is 9.94. The largest absolute Gasteiger partial charge is 0.522 e. The molecule has 1 fully saturated rings. The summed E-state index contributed by atoms with van der Waals surface area (Å²) in [4.78, 5) is 21.9. The highest BCUT2D eigenvalue weighted by molar-refractivity contribution is 6.42. The van der Waals surface area contributed by atoms with E-state index in [2.05, 4.69) is 19.9 Å². The number of hydrogen-bond acceptors (Lipinski definition) is 5. The number of piperidine rings is 1. The Kier molecular flexibility index (Phi) is 10.9. The standard InChI is InChI=1S/C33H36Cl2F3N5O2/c1-41(31(44)23-7-3-2-4-8-23)22-25(24-11-12-27(34)28(35)21-24)13-16-42-17-14-26(15-18-42)39-32-40-29-9-5-6-10-30(29)43(32)19-20-45-33(36,37)38/h2-12,21,25-26H,13-20,22H2,1H3,(H,39,40). The minimum absolute atomic E-state index is 0.0263. The predicted molar refractivity (Wildman–Crippen MR) is 172 cm³/mol. The highest BCUT2D eigenvalue weighted by Gasteiger charge is 2.29. The van der Waals surface area contributed by atoms with Gasteiger partial charge in [-0.25, -0.2) is 4.98 Å². The summed E-state index contributed by atoms with van der Waals surface area (Å²) in [5.41, 5.74) is 3.15. The van der Waals surface area contributed by atoms with E-state index in [4.69, 9.17) is 23.2 Å². The van der Waals surface area contributed by atoms with Crippen molar-refractivity contribution in [3.63, 3.8) is 0 Å². The van der Waals surface area contributed by atoms with Crippen LogP contribution in [0.5, 0.6) is 0 Å². The topological polar surface area (TPSA) is 62.6 Å². The third kappa shape index (κ3) is 8.91. The molecule has 0 saturated carbocycles. The van der Waals surface area contributed by atoms with Gasteiger partial charge in [-0.05, 0) is 67.8 Å². The maximum absolute atomic E-state index is 13.1. The highest BCUT2D eigenvalue weighted by Crippen LogP contribution is 2.30. The van der Waals surface area contributed by atoms with Crippen molar-refractivity contribution >= 4 is 46.1 Å². The molecule has 1 aliphatic heterocycles. The number of rotatable bonds is 12. The van der Waals surface area contributed by atoms with Gasteiger partial charge in [0, 0.05) is 50.7 Å². The molecule has 1 aromatic heterocycles. The summed E-state index contributed by atoms with van der Waals surface area (Å²) in [6, 6.07) is 22.4. The lowest BCUT2D eigenvalue weighted by Gasteiger charge is -2.34. The molecule has 2 heterocycles. The van der Waals surface area contributed by atoms with Gasteiger partial charge in [-0.15, -0.1) is 13.2 Å². The molecule has 1 atom stereocenters. The molecule has 1 aliphatic rings. The van der Waals surface area contributed by atoms with Crippen LogP contribution in [0.3, 0.4) is 0 Å². The van der Waals surface area contributed by atoms with E-state index in [0.29, 0.717) is 33.6 Å². The summed E-state index contributed by atoms with van der Waals surface area (Å²) < 4.78 is 43.7. The van der Waals surface area contributed by atoms with Crippen LogP contribution in [0.2, 0.25) is 10.0 Å². The first kappa shape index (κ1) is 33.1. The van der Waals surface area contributed by atoms with Crippen LogP contribution in [0.4, 0.5) is 19.1 Å². The minimum atomic E-state index is -4.68. The molecule has 0 bridgehead atoms. The molecule has 1 amide bonds. The minimum Gasteiger partial charge on any atom is -0.353 e. The molecule has 12 heteroatoms. The second-order valence-corrected chi connectivity index (χ2v) is 12.2. The molecule has 1 unspecified atom stereocenters. The first-order valence-electron chi connectivity index (χ1n) is 15.0. The number of nitrogens with one attached hydrogen (secondary N) is 1. The van der Waals surface area contributed by atoms with Crippen molar-refractivity contribution in [2.24, 2.45) is 0 Å². The number of benzene rings is 3. The smallest absolute Gasteiger partial charge is 0.353 e. The molecule has 45 heavy (non-hydrogen) atoms. The van der Waals surface area contributed by atoms with Crippen LogP contribution in [0.15, 0.2) is 72.8 Å². The van der Waals surface area contributed by atoms with Crippen LogP contribution < -0.4 is 5.32 Å². The zero-order valence-electron chi connectivity index (χ0n) is 24.9. The van der Waals surface area contributed by atoms with Crippen LogP contribution in [-0.2, 0) is 11.3 Å². The number of carbonyl (C=O) groups excluding carboxylic acids is 1. The van der Waals surface area contributed by atoms with Crippen molar-refractivity contribution in [2.75, 3.05) is 45.2 Å². The fourth-order valence-electron chi connectivity index (χ4n) is 5.83. The fraction of sp³-hybridized carbons (Fsp3) is 0.394. The Morgan fingerprint density at radius 3 is 2.44 bits per heavy atom. The summed E-state index contributed by atoms with van der Waals surface area (Å²) in [6.45, 7) is 2.59. The number of amides is 1. The van der Waals surface area contributed by atoms with Crippen LogP contribution in [0, 0.1) is 0 Å². The molecule has 0 radical (unpaired) electrons. The van der Waals surface area contributed by atoms with Crippen molar-refractivity contribution in [2.45, 2.75) is 44.1 Å². The zero-order valence-corrected chi connectivity index (χ0v) is 26.5. The van der Waals surface area contributed by atoms with Crippen molar-refractivity contribution in [1.82, 2.24) is 19.4 Å². The molecule has 240 valence electrons. The van der Waals surface area contributed by atoms with E-state index in [-0.39, 0.29) is 24.4 Å². The molecular weight excluding hydrogens is 626 g/mol. The number of imidazole rings is 1. The van der Waals surface area contributed by atoms with Gasteiger partial charge in [0.15, 0.2) is 0 Å². The van der Waals surface area contributed by atoms with Crippen LogP contribution in [-0.4, -0.2) is 77.5 Å². The zero-order chi connectivity index (χ0) is 32.0. The van der Waals surface area contributed by atoms with Crippen molar-refractivity contribution in [3.05, 3.63) is 94.0 Å². The quantitative estimate of drug-likeness (QED) is 0.169. The van der Waals surface area contributed by atoms with E-state index < -0.39 is 13.0 Å². The Bertz CT molecular complexity index is 1580. The van der Waals surface area contributed by atoms with E-state index in [1.54, 1.807) is 15.5 Å². The lowest BCUT2D eigenvalue weighted by molar-refractivity contribution is -0.325. The number of likely N-dealkylation sites (tertiary alicyclic amines) is 1. The van der Waals surface area contributed by atoms with E-state index in [1.165, 1.54) is 0 Å². The maximum Gasteiger partial charge on any atom is 0.522 e. The van der Waals surface area contributed by atoms with Gasteiger partial charge in [-0.2, -0.15) is 0 Å². The molecule has 5 rings (SSSR count). The first-order valence-corrected chi connectivity index (χ1v) is 15.7. The van der Waals surface area contributed by atoms with Crippen LogP contribution in [0.25, 0.3) is 11.0 Å². The van der Waals surface area contributed by atoms with Crippen LogP contribution >= 0.6 is 23.2 Å². The summed E-state index contributed by atoms with van der Waals surface area (Å²) in [7, 11) is 1.82. The Morgan fingerprint density at radius 1 is 1.02 bits per heavy atom. The van der Waals surface area contributed by atoms with Gasteiger partial charge in [-0.1, -0.05) is 59.6 Å². The molecule has 4 aromatic rings. The monoisotopic (exact) mass is 661 g/mol. The number of nitrogens with zero attached hydrogens (tertiary/aromatic N) is 4. The van der Waals surface area contributed by atoms with Crippen LogP contribution in [0.1, 0.15) is 41.1 Å². The summed E-state index contributed by atoms with van der Waals surface area (Å²) in [6.07, 6.45) is -2.15. The SMILES string of the molecule is CN(CC(CCN1CCC(Nc2nc3ccccc3n2CCOC(F)(F)F)CC1)c1ccc(Cl)c(Cl)c1)C(=O)c1ccccc1. The Balaban J connectivity index is 1.20. The highest BCUT2D eigenvalue weighted by atomic mass is 35.5. The number of ether oxygens (including phenoxy) is 1. The summed E-state index contributed by atoms with van der Waals surface area (Å²) >= 11 is 12.6. The van der Waals surface area contributed by atoms with Gasteiger partial charge >= 0.3 is 6.36 Å². The third-order valence-corrected chi connectivity index (χ3v) is 8.97. The van der Waals surface area contributed by atoms with E-state index >= 15 is 0 Å². The van der Waals surface area contributed by atoms with Gasteiger partial charge in [0.05, 0.1) is 27.7 Å². The molecule has 0 aliphatic carbocycles. The second-order valence-electron chi connectivity index (χ2n) is 11.3.